The van der Waals surface area contributed by atoms with Crippen molar-refractivity contribution >= 4 is 5.97 Å². The minimum absolute atomic E-state index is 1.02. The van der Waals surface area contributed by atoms with Crippen molar-refractivity contribution in [1.82, 2.24) is 0 Å². The summed E-state index contributed by atoms with van der Waals surface area (Å²) in [6.45, 7) is -7.49. The zero-order valence-corrected chi connectivity index (χ0v) is 39.3. The zero-order valence-electron chi connectivity index (χ0n) is 39.3. The summed E-state index contributed by atoms with van der Waals surface area (Å²) >= 11 is 0. The number of esters is 1. The van der Waals surface area contributed by atoms with Gasteiger partial charge in [0.05, 0.1) is 58.8 Å². The Morgan fingerprint density at radius 1 is 0.320 bits per heavy atom. The van der Waals surface area contributed by atoms with E-state index >= 15 is 0 Å². The van der Waals surface area contributed by atoms with Crippen molar-refractivity contribution in [2.24, 2.45) is 0 Å². The summed E-state index contributed by atoms with van der Waals surface area (Å²) in [5.41, 5.74) is 0. The predicted octanol–water partition coefficient (Wildman–Crippen LogP) is -14.4. The first-order valence-electron chi connectivity index (χ1n) is 23.8. The number of carbonyl (C=O) groups excluding carboxylic acids is 1. The van der Waals surface area contributed by atoms with Gasteiger partial charge in [0, 0.05) is 0 Å². The number of hydrogen-bond donors (Lipinski definition) is 20. The van der Waals surface area contributed by atoms with Crippen molar-refractivity contribution in [3.63, 3.8) is 0 Å². The molecule has 0 aromatic heterocycles. The molecule has 0 aromatic carbocycles. The number of rotatable bonds is 11. The molecule has 0 saturated carbocycles. The highest BCUT2D eigenvalue weighted by Gasteiger charge is 2.59. The van der Waals surface area contributed by atoms with Gasteiger partial charge < -0.3 is 164 Å². The van der Waals surface area contributed by atoms with Crippen molar-refractivity contribution in [3.05, 3.63) is 0 Å². The molecular weight excluding hydrogens is 1040 g/mol. The molecular formula is C41H68O34. The van der Waals surface area contributed by atoms with Gasteiger partial charge in [-0.3, -0.25) is 4.79 Å². The highest BCUT2D eigenvalue weighted by atomic mass is 16.8. The minimum atomic E-state index is -2.35. The van der Waals surface area contributed by atoms with Crippen molar-refractivity contribution in [3.8, 4) is 0 Å². The summed E-state index contributed by atoms with van der Waals surface area (Å²) in [5, 5.41) is 217. The third-order valence-electron chi connectivity index (χ3n) is 13.9. The van der Waals surface area contributed by atoms with Crippen LogP contribution in [-0.2, 0) is 66.4 Å². The second kappa shape index (κ2) is 26.2. The maximum absolute atomic E-state index is 13.3. The number of ether oxygens (including phenoxy) is 13. The lowest BCUT2D eigenvalue weighted by atomic mass is 9.94. The molecule has 0 radical (unpaired) electrons. The van der Waals surface area contributed by atoms with Gasteiger partial charge in [-0.05, 0) is 0 Å². The SMILES string of the molecule is O=C(CC(O)C(O)CO)O[C@@H]1[C@@H](O)[C@H]2O[C@H]3[C@H](O)[C@@H](O)[C@@H](O[C@H]4[C@H](O)[C@@H](O)[C@@H](O[C@H]5[C@H](O)[C@@H](O)[C@@H](O[C@H]6[C@H](O)[C@@H](O)[C@@H](O[C@H]7[C@H](O)[C@@H](O)[C@@H](O[C@H]1[C@@H](CO)O2)O[C@@H]7CO)O[C@@H]6CO)O[C@@H]5CO)O[C@@H]4CO)O[C@@H]3CO. The Kier molecular flexibility index (Phi) is 21.2. The molecule has 22 rings (SSSR count). The molecule has 0 spiro atoms. The molecule has 2 unspecified atom stereocenters. The van der Waals surface area contributed by atoms with Crippen LogP contribution in [0.1, 0.15) is 6.42 Å². The fraction of sp³-hybridized carbons (Fsp3) is 0.976. The van der Waals surface area contributed by atoms with Gasteiger partial charge in [0.1, 0.15) is 146 Å². The Labute approximate surface area is 423 Å². The highest BCUT2D eigenvalue weighted by molar-refractivity contribution is 5.70. The molecule has 20 N–H and O–H groups in total. The van der Waals surface area contributed by atoms with Crippen molar-refractivity contribution in [2.45, 2.75) is 203 Å². The number of hydrogen-bond acceptors (Lipinski definition) is 34. The number of carbonyl (C=O) groups is 1. The van der Waals surface area contributed by atoms with Crippen LogP contribution in [-0.4, -0.2) is 351 Å². The largest absolute Gasteiger partial charge is 0.456 e. The van der Waals surface area contributed by atoms with Gasteiger partial charge in [0.2, 0.25) is 0 Å². The topological polar surface area (TPSA) is 542 Å². The van der Waals surface area contributed by atoms with Crippen LogP contribution in [0.4, 0.5) is 0 Å². The van der Waals surface area contributed by atoms with Crippen LogP contribution in [0.25, 0.3) is 0 Å². The van der Waals surface area contributed by atoms with E-state index in [-0.39, 0.29) is 0 Å². The smallest absolute Gasteiger partial charge is 0.308 e. The van der Waals surface area contributed by atoms with Crippen LogP contribution in [0.5, 0.6) is 0 Å². The van der Waals surface area contributed by atoms with Crippen LogP contribution in [0.15, 0.2) is 0 Å². The normalized spacial score (nSPS) is 50.9. The summed E-state index contributed by atoms with van der Waals surface area (Å²) in [4.78, 5) is 13.3. The van der Waals surface area contributed by atoms with Gasteiger partial charge >= 0.3 is 5.97 Å². The van der Waals surface area contributed by atoms with Gasteiger partial charge in [0.15, 0.2) is 43.8 Å². The minimum Gasteiger partial charge on any atom is -0.456 e. The zero-order chi connectivity index (χ0) is 54.9. The summed E-state index contributed by atoms with van der Waals surface area (Å²) in [6, 6.07) is 0. The number of aliphatic hydroxyl groups excluding tert-OH is 20. The third-order valence-corrected chi connectivity index (χ3v) is 13.9. The molecule has 34 heteroatoms. The second-order valence-corrected chi connectivity index (χ2v) is 18.8. The van der Waals surface area contributed by atoms with Gasteiger partial charge in [-0.2, -0.15) is 0 Å². The van der Waals surface area contributed by atoms with Crippen LogP contribution in [0.2, 0.25) is 0 Å². The van der Waals surface area contributed by atoms with E-state index in [0.29, 0.717) is 0 Å². The Balaban J connectivity index is 1.23. The van der Waals surface area contributed by atoms with Crippen LogP contribution >= 0.6 is 0 Å². The van der Waals surface area contributed by atoms with Gasteiger partial charge in [-0.25, -0.2) is 0 Å². The highest BCUT2D eigenvalue weighted by Crippen LogP contribution is 2.38. The van der Waals surface area contributed by atoms with Crippen molar-refractivity contribution < 1.29 is 169 Å². The van der Waals surface area contributed by atoms with E-state index in [9.17, 15) is 107 Å². The van der Waals surface area contributed by atoms with E-state index in [2.05, 4.69) is 0 Å². The molecule has 22 aliphatic rings. The predicted molar refractivity (Wildman–Crippen MR) is 223 cm³/mol. The summed E-state index contributed by atoms with van der Waals surface area (Å²) < 4.78 is 74.0. The monoisotopic (exact) mass is 1100 g/mol. The van der Waals surface area contributed by atoms with E-state index < -0.39 is 255 Å². The molecule has 12 bridgehead atoms. The molecule has 0 amide bonds. The Bertz CT molecular complexity index is 1760. The van der Waals surface area contributed by atoms with E-state index in [4.69, 9.17) is 61.6 Å². The molecule has 436 valence electrons. The van der Waals surface area contributed by atoms with E-state index in [1.165, 1.54) is 0 Å². The average molecular weight is 1100 g/mol. The Morgan fingerprint density at radius 3 is 0.787 bits per heavy atom. The van der Waals surface area contributed by atoms with Gasteiger partial charge in [-0.15, -0.1) is 0 Å². The molecule has 75 heavy (non-hydrogen) atoms. The lowest BCUT2D eigenvalue weighted by Crippen LogP contribution is -2.69. The van der Waals surface area contributed by atoms with Gasteiger partial charge in [0.25, 0.3) is 0 Å². The third kappa shape index (κ3) is 12.6. The van der Waals surface area contributed by atoms with Crippen LogP contribution in [0.3, 0.4) is 0 Å². The molecule has 34 nitrogen and oxygen atoms in total. The maximum Gasteiger partial charge on any atom is 0.308 e. The molecule has 22 heterocycles. The molecule has 0 aliphatic carbocycles. The number of aliphatic hydroxyl groups is 20. The second-order valence-electron chi connectivity index (χ2n) is 18.8. The summed E-state index contributed by atoms with van der Waals surface area (Å²) in [6.07, 6.45) is -66.4. The lowest BCUT2D eigenvalue weighted by molar-refractivity contribution is -0.404. The van der Waals surface area contributed by atoms with Crippen LogP contribution < -0.4 is 0 Å². The molecule has 22 aliphatic heterocycles. The first-order valence-corrected chi connectivity index (χ1v) is 23.8. The Hall–Kier alpha value is -1.81. The standard InChI is InChI=1S/C41H68O34/c42-2-10(50)9(49)1-17(51)69-35-28(62)41-68-16(8-48)34(35)75-40-27(61)22(56)32(14(6-46)67-40)73-38-25(59)20(54)30(12(4-44)65-38)71-36-23(57)18(52)29(11(3-43)63-36)70-37-24(58)19(53)31(13(5-45)64-37)72-39-26(60)21(55)33(74-41)15(7-47)66-39/h9-16,18-50,52-62H,1-8H2/t9?,10?,11-,12-,13-,14-,15-,16-,18-,19-,20-,21-,22-,23-,24-,25-,26-,27-,28-,29-,30-,31-,32-,33-,34+,35-,36-,37-,38-,39-,40-,41-/m1/s1. The molecule has 32 atom stereocenters. The first kappa shape index (κ1) is 60.8. The van der Waals surface area contributed by atoms with E-state index in [1.54, 1.807) is 0 Å². The molecule has 0 aromatic rings. The average Bonchev–Trinajstić information content (AvgIpc) is 3.40. The fourth-order valence-electron chi connectivity index (χ4n) is 9.68. The van der Waals surface area contributed by atoms with E-state index in [0.717, 1.165) is 0 Å². The quantitative estimate of drug-likeness (QED) is 0.0854. The maximum atomic E-state index is 13.3. The molecule has 22 fully saturated rings. The first-order chi connectivity index (χ1) is 35.7. The molecule has 22 saturated heterocycles. The lowest BCUT2D eigenvalue weighted by Gasteiger charge is -2.51. The Morgan fingerprint density at radius 2 is 0.547 bits per heavy atom. The van der Waals surface area contributed by atoms with Gasteiger partial charge in [-0.1, -0.05) is 0 Å². The summed E-state index contributed by atoms with van der Waals surface area (Å²) in [5.74, 6) is -1.43. The van der Waals surface area contributed by atoms with Crippen LogP contribution in [0, 0.1) is 0 Å². The van der Waals surface area contributed by atoms with Crippen molar-refractivity contribution in [1.29, 1.82) is 0 Å². The summed E-state index contributed by atoms with van der Waals surface area (Å²) in [7, 11) is 0. The van der Waals surface area contributed by atoms with E-state index in [1.807, 2.05) is 0 Å². The fourth-order valence-corrected chi connectivity index (χ4v) is 9.68. The van der Waals surface area contributed by atoms with Crippen molar-refractivity contribution in [2.75, 3.05) is 46.2 Å².